The Labute approximate surface area is 97.1 Å². The highest BCUT2D eigenvalue weighted by Crippen LogP contribution is 2.11. The van der Waals surface area contributed by atoms with Gasteiger partial charge >= 0.3 is 6.03 Å². The third-order valence-electron chi connectivity index (χ3n) is 2.82. The standard InChI is InChI=1S/C12H21N3O/c1-3-5-6-11(4-2)9-14-12(16)15-8-7-13-10-15/h7-8,10-11H,3-6,9H2,1-2H3,(H,14,16). The normalized spacial score (nSPS) is 12.4. The molecule has 4 heteroatoms. The number of unbranched alkanes of at least 4 members (excludes halogenated alkanes) is 1. The second-order valence-electron chi connectivity index (χ2n) is 4.07. The van der Waals surface area contributed by atoms with E-state index in [0.29, 0.717) is 5.92 Å². The highest BCUT2D eigenvalue weighted by atomic mass is 16.2. The van der Waals surface area contributed by atoms with Crippen LogP contribution in [-0.4, -0.2) is 22.1 Å². The maximum Gasteiger partial charge on any atom is 0.326 e. The van der Waals surface area contributed by atoms with Gasteiger partial charge in [-0.1, -0.05) is 33.1 Å². The van der Waals surface area contributed by atoms with Crippen molar-refractivity contribution in [2.75, 3.05) is 6.54 Å². The Hall–Kier alpha value is -1.32. The summed E-state index contributed by atoms with van der Waals surface area (Å²) in [6, 6.07) is -0.0903. The number of carbonyl (C=O) groups excluding carboxylic acids is 1. The molecule has 0 aliphatic heterocycles. The number of nitrogens with one attached hydrogen (secondary N) is 1. The molecule has 0 aliphatic rings. The average molecular weight is 223 g/mol. The molecule has 0 aromatic carbocycles. The van der Waals surface area contributed by atoms with Crippen LogP contribution in [0.1, 0.15) is 39.5 Å². The number of rotatable bonds is 6. The van der Waals surface area contributed by atoms with Crippen molar-refractivity contribution in [3.8, 4) is 0 Å². The van der Waals surface area contributed by atoms with Gasteiger partial charge in [0.25, 0.3) is 0 Å². The zero-order chi connectivity index (χ0) is 11.8. The molecule has 0 saturated heterocycles. The highest BCUT2D eigenvalue weighted by Gasteiger charge is 2.08. The third-order valence-corrected chi connectivity index (χ3v) is 2.82. The molecule has 4 nitrogen and oxygen atoms in total. The van der Waals surface area contributed by atoms with Crippen LogP contribution < -0.4 is 5.32 Å². The van der Waals surface area contributed by atoms with Gasteiger partial charge in [0.2, 0.25) is 0 Å². The minimum absolute atomic E-state index is 0.0903. The Kier molecular flexibility index (Phi) is 5.61. The lowest BCUT2D eigenvalue weighted by atomic mass is 9.99. The number of hydrogen-bond donors (Lipinski definition) is 1. The molecule has 1 aromatic heterocycles. The van der Waals surface area contributed by atoms with Crippen molar-refractivity contribution < 1.29 is 4.79 Å². The molecule has 16 heavy (non-hydrogen) atoms. The van der Waals surface area contributed by atoms with Crippen LogP contribution >= 0.6 is 0 Å². The molecular formula is C12H21N3O. The van der Waals surface area contributed by atoms with Gasteiger partial charge in [0.05, 0.1) is 0 Å². The lowest BCUT2D eigenvalue weighted by Crippen LogP contribution is -2.32. The molecule has 1 N–H and O–H groups in total. The van der Waals surface area contributed by atoms with Gasteiger partial charge in [0.1, 0.15) is 6.33 Å². The maximum atomic E-state index is 11.6. The van der Waals surface area contributed by atoms with Crippen LogP contribution in [0.4, 0.5) is 4.79 Å². The van der Waals surface area contributed by atoms with Crippen molar-refractivity contribution in [2.24, 2.45) is 5.92 Å². The average Bonchev–Trinajstić information content (AvgIpc) is 2.82. The van der Waals surface area contributed by atoms with Gasteiger partial charge in [-0.05, 0) is 12.3 Å². The van der Waals surface area contributed by atoms with Crippen LogP contribution in [0, 0.1) is 5.92 Å². The number of carbonyl (C=O) groups is 1. The first kappa shape index (κ1) is 12.7. The molecule has 0 radical (unpaired) electrons. The Morgan fingerprint density at radius 2 is 2.31 bits per heavy atom. The summed E-state index contributed by atoms with van der Waals surface area (Å²) in [7, 11) is 0. The monoisotopic (exact) mass is 223 g/mol. The van der Waals surface area contributed by atoms with Crippen LogP contribution in [-0.2, 0) is 0 Å². The van der Waals surface area contributed by atoms with E-state index in [1.807, 2.05) is 0 Å². The molecule has 1 amide bonds. The molecule has 90 valence electrons. The lowest BCUT2D eigenvalue weighted by Gasteiger charge is -2.15. The minimum Gasteiger partial charge on any atom is -0.337 e. The van der Waals surface area contributed by atoms with Gasteiger partial charge in [0.15, 0.2) is 0 Å². The molecule has 0 aliphatic carbocycles. The minimum atomic E-state index is -0.0903. The molecule has 1 rings (SSSR count). The maximum absolute atomic E-state index is 11.6. The van der Waals surface area contributed by atoms with E-state index < -0.39 is 0 Å². The Morgan fingerprint density at radius 3 is 2.88 bits per heavy atom. The third kappa shape index (κ3) is 4.04. The lowest BCUT2D eigenvalue weighted by molar-refractivity contribution is 0.239. The van der Waals surface area contributed by atoms with E-state index in [2.05, 4.69) is 24.1 Å². The predicted molar refractivity (Wildman–Crippen MR) is 64.3 cm³/mol. The van der Waals surface area contributed by atoms with E-state index in [4.69, 9.17) is 0 Å². The molecular weight excluding hydrogens is 202 g/mol. The summed E-state index contributed by atoms with van der Waals surface area (Å²) in [5, 5.41) is 2.93. The first-order chi connectivity index (χ1) is 7.77. The summed E-state index contributed by atoms with van der Waals surface area (Å²) < 4.78 is 1.46. The molecule has 0 spiro atoms. The zero-order valence-corrected chi connectivity index (χ0v) is 10.1. The van der Waals surface area contributed by atoms with E-state index in [9.17, 15) is 4.79 Å². The number of nitrogens with zero attached hydrogens (tertiary/aromatic N) is 2. The molecule has 1 atom stereocenters. The van der Waals surface area contributed by atoms with E-state index in [1.54, 1.807) is 12.4 Å². The van der Waals surface area contributed by atoms with Gasteiger partial charge in [-0.3, -0.25) is 4.57 Å². The highest BCUT2D eigenvalue weighted by molar-refractivity contribution is 5.76. The number of hydrogen-bond acceptors (Lipinski definition) is 2. The van der Waals surface area contributed by atoms with E-state index in [0.717, 1.165) is 13.0 Å². The van der Waals surface area contributed by atoms with Crippen LogP contribution in [0.3, 0.4) is 0 Å². The van der Waals surface area contributed by atoms with Crippen LogP contribution in [0.25, 0.3) is 0 Å². The fourth-order valence-corrected chi connectivity index (χ4v) is 1.65. The summed E-state index contributed by atoms with van der Waals surface area (Å²) in [4.78, 5) is 15.5. The summed E-state index contributed by atoms with van der Waals surface area (Å²) in [5.41, 5.74) is 0. The first-order valence-corrected chi connectivity index (χ1v) is 6.04. The second-order valence-corrected chi connectivity index (χ2v) is 4.07. The van der Waals surface area contributed by atoms with Crippen LogP contribution in [0.15, 0.2) is 18.7 Å². The van der Waals surface area contributed by atoms with Crippen molar-refractivity contribution in [1.82, 2.24) is 14.9 Å². The van der Waals surface area contributed by atoms with Crippen molar-refractivity contribution >= 4 is 6.03 Å². The van der Waals surface area contributed by atoms with Gasteiger partial charge in [-0.15, -0.1) is 0 Å². The van der Waals surface area contributed by atoms with Crippen molar-refractivity contribution in [3.05, 3.63) is 18.7 Å². The van der Waals surface area contributed by atoms with E-state index in [-0.39, 0.29) is 6.03 Å². The summed E-state index contributed by atoms with van der Waals surface area (Å²) >= 11 is 0. The Bertz CT molecular complexity index is 295. The fraction of sp³-hybridized carbons (Fsp3) is 0.667. The Balaban J connectivity index is 2.29. The molecule has 1 unspecified atom stereocenters. The fourth-order valence-electron chi connectivity index (χ4n) is 1.65. The van der Waals surface area contributed by atoms with Crippen molar-refractivity contribution in [3.63, 3.8) is 0 Å². The summed E-state index contributed by atoms with van der Waals surface area (Å²) in [6.45, 7) is 5.12. The van der Waals surface area contributed by atoms with E-state index >= 15 is 0 Å². The zero-order valence-electron chi connectivity index (χ0n) is 10.1. The second kappa shape index (κ2) is 7.04. The molecule has 0 bridgehead atoms. The smallest absolute Gasteiger partial charge is 0.326 e. The van der Waals surface area contributed by atoms with Crippen molar-refractivity contribution in [2.45, 2.75) is 39.5 Å². The van der Waals surface area contributed by atoms with Crippen molar-refractivity contribution in [1.29, 1.82) is 0 Å². The number of imidazole rings is 1. The number of amides is 1. The van der Waals surface area contributed by atoms with Gasteiger partial charge in [-0.25, -0.2) is 9.78 Å². The summed E-state index contributed by atoms with van der Waals surface area (Å²) in [5.74, 6) is 0.590. The largest absolute Gasteiger partial charge is 0.337 e. The predicted octanol–water partition coefficient (Wildman–Crippen LogP) is 2.66. The molecule has 0 saturated carbocycles. The van der Waals surface area contributed by atoms with E-state index in [1.165, 1.54) is 30.2 Å². The summed E-state index contributed by atoms with van der Waals surface area (Å²) in [6.07, 6.45) is 9.53. The quantitative estimate of drug-likeness (QED) is 0.806. The van der Waals surface area contributed by atoms with Gasteiger partial charge in [-0.2, -0.15) is 0 Å². The topological polar surface area (TPSA) is 46.9 Å². The van der Waals surface area contributed by atoms with Crippen LogP contribution in [0.5, 0.6) is 0 Å². The Morgan fingerprint density at radius 1 is 1.50 bits per heavy atom. The first-order valence-electron chi connectivity index (χ1n) is 6.04. The molecule has 1 heterocycles. The SMILES string of the molecule is CCCCC(CC)CNC(=O)n1ccnc1. The van der Waals surface area contributed by atoms with Crippen LogP contribution in [0.2, 0.25) is 0 Å². The molecule has 1 aromatic rings. The van der Waals surface area contributed by atoms with Gasteiger partial charge < -0.3 is 5.32 Å². The number of aromatic nitrogens is 2. The molecule has 0 fully saturated rings. The van der Waals surface area contributed by atoms with Gasteiger partial charge in [0, 0.05) is 18.9 Å².